The summed E-state index contributed by atoms with van der Waals surface area (Å²) in [6, 6.07) is 15.6. The number of anilines is 1. The van der Waals surface area contributed by atoms with Gasteiger partial charge >= 0.3 is 0 Å². The summed E-state index contributed by atoms with van der Waals surface area (Å²) in [6.07, 6.45) is 0. The van der Waals surface area contributed by atoms with Crippen LogP contribution in [0.5, 0.6) is 5.75 Å². The zero-order valence-electron chi connectivity index (χ0n) is 18.4. The van der Waals surface area contributed by atoms with Crippen molar-refractivity contribution < 1.29 is 9.53 Å². The highest BCUT2D eigenvalue weighted by Crippen LogP contribution is 2.33. The van der Waals surface area contributed by atoms with Crippen molar-refractivity contribution in [3.05, 3.63) is 65.4 Å². The maximum Gasteiger partial charge on any atom is 0.254 e. The fourth-order valence-corrected chi connectivity index (χ4v) is 5.08. The molecule has 0 atom stereocenters. The summed E-state index contributed by atoms with van der Waals surface area (Å²) in [4.78, 5) is 22.1. The Kier molecular flexibility index (Phi) is 5.30. The van der Waals surface area contributed by atoms with E-state index >= 15 is 0 Å². The van der Waals surface area contributed by atoms with Crippen molar-refractivity contribution >= 4 is 32.7 Å². The molecule has 2 aromatic carbocycles. The first-order valence-electron chi connectivity index (χ1n) is 10.7. The number of amides is 1. The number of hydrogen-bond donors (Lipinski definition) is 0. The highest BCUT2D eigenvalue weighted by Gasteiger charge is 2.26. The van der Waals surface area contributed by atoms with E-state index in [1.165, 1.54) is 0 Å². The number of nitrogens with zero attached hydrogens (tertiary/aromatic N) is 5. The molecule has 0 N–H and O–H groups in total. The van der Waals surface area contributed by atoms with Crippen LogP contribution in [0, 0.1) is 13.8 Å². The predicted molar refractivity (Wildman–Crippen MR) is 127 cm³/mol. The number of hydrogen-bond acceptors (Lipinski definition) is 6. The minimum atomic E-state index is 0.109. The van der Waals surface area contributed by atoms with Crippen LogP contribution in [0.15, 0.2) is 48.5 Å². The Morgan fingerprint density at radius 1 is 1.00 bits per heavy atom. The lowest BCUT2D eigenvalue weighted by Gasteiger charge is -2.34. The summed E-state index contributed by atoms with van der Waals surface area (Å²) in [5.74, 6) is 0.920. The maximum absolute atomic E-state index is 12.9. The van der Waals surface area contributed by atoms with E-state index in [0.29, 0.717) is 13.1 Å². The predicted octanol–water partition coefficient (Wildman–Crippen LogP) is 4.07. The van der Waals surface area contributed by atoms with Crippen LogP contribution < -0.4 is 9.64 Å². The van der Waals surface area contributed by atoms with Crippen LogP contribution in [-0.4, -0.2) is 58.9 Å². The maximum atomic E-state index is 12.9. The van der Waals surface area contributed by atoms with Gasteiger partial charge in [-0.3, -0.25) is 4.79 Å². The quantitative estimate of drug-likeness (QED) is 0.472. The van der Waals surface area contributed by atoms with E-state index in [1.54, 1.807) is 18.4 Å². The first-order valence-corrected chi connectivity index (χ1v) is 11.5. The second kappa shape index (κ2) is 8.27. The van der Waals surface area contributed by atoms with E-state index < -0.39 is 0 Å². The molecule has 1 saturated heterocycles. The monoisotopic (exact) mass is 447 g/mol. The van der Waals surface area contributed by atoms with Gasteiger partial charge in [0.15, 0.2) is 10.8 Å². The van der Waals surface area contributed by atoms with Crippen LogP contribution in [0.25, 0.3) is 16.0 Å². The lowest BCUT2D eigenvalue weighted by atomic mass is 10.1. The molecule has 8 heteroatoms. The number of rotatable bonds is 4. The lowest BCUT2D eigenvalue weighted by molar-refractivity contribution is 0.0746. The number of benzene rings is 2. The molecule has 2 aromatic heterocycles. The first-order chi connectivity index (χ1) is 15.5. The number of carbonyl (C=O) groups excluding carboxylic acids is 1. The SMILES string of the molecule is COc1ccc(-n2nc(C)c3sc(N4CCN(C(=O)c5ccccc5C)CC4)nc32)cc1. The van der Waals surface area contributed by atoms with Crippen LogP contribution in [-0.2, 0) is 0 Å². The number of aromatic nitrogens is 3. The van der Waals surface area contributed by atoms with Gasteiger partial charge in [0.1, 0.15) is 5.75 Å². The topological polar surface area (TPSA) is 63.5 Å². The molecule has 0 unspecified atom stereocenters. The average molecular weight is 448 g/mol. The molecule has 0 saturated carbocycles. The van der Waals surface area contributed by atoms with Crippen LogP contribution in [0.1, 0.15) is 21.6 Å². The highest BCUT2D eigenvalue weighted by atomic mass is 32.1. The normalized spacial score (nSPS) is 14.2. The molecule has 4 aromatic rings. The molecule has 1 aliphatic rings. The van der Waals surface area contributed by atoms with Crippen molar-refractivity contribution in [1.82, 2.24) is 19.7 Å². The van der Waals surface area contributed by atoms with Gasteiger partial charge in [0, 0.05) is 31.7 Å². The molecule has 1 amide bonds. The van der Waals surface area contributed by atoms with Gasteiger partial charge in [0.05, 0.1) is 23.2 Å². The van der Waals surface area contributed by atoms with Gasteiger partial charge in [-0.15, -0.1) is 0 Å². The molecule has 0 bridgehead atoms. The fourth-order valence-electron chi connectivity index (χ4n) is 4.05. The van der Waals surface area contributed by atoms with E-state index in [9.17, 15) is 4.79 Å². The second-order valence-electron chi connectivity index (χ2n) is 7.94. The number of piperazine rings is 1. The molecular weight excluding hydrogens is 422 g/mol. The van der Waals surface area contributed by atoms with E-state index in [2.05, 4.69) is 4.90 Å². The van der Waals surface area contributed by atoms with Crippen molar-refractivity contribution in [2.75, 3.05) is 38.2 Å². The lowest BCUT2D eigenvalue weighted by Crippen LogP contribution is -2.48. The molecule has 1 aliphatic heterocycles. The Bertz CT molecular complexity index is 1270. The number of ether oxygens (including phenoxy) is 1. The van der Waals surface area contributed by atoms with Crippen LogP contribution in [0.4, 0.5) is 5.13 Å². The Balaban J connectivity index is 1.35. The molecule has 32 heavy (non-hydrogen) atoms. The Hall–Kier alpha value is -3.39. The van der Waals surface area contributed by atoms with Crippen molar-refractivity contribution in [1.29, 1.82) is 0 Å². The van der Waals surface area contributed by atoms with Crippen LogP contribution in [0.2, 0.25) is 0 Å². The molecule has 164 valence electrons. The van der Waals surface area contributed by atoms with E-state index in [-0.39, 0.29) is 5.91 Å². The summed E-state index contributed by atoms with van der Waals surface area (Å²) in [7, 11) is 1.66. The number of fused-ring (bicyclic) bond motifs is 1. The third-order valence-electron chi connectivity index (χ3n) is 5.91. The molecule has 1 fully saturated rings. The van der Waals surface area contributed by atoms with Crippen LogP contribution >= 0.6 is 11.3 Å². The molecule has 0 radical (unpaired) electrons. The molecule has 3 heterocycles. The second-order valence-corrected chi connectivity index (χ2v) is 8.92. The largest absolute Gasteiger partial charge is 0.497 e. The zero-order valence-corrected chi connectivity index (χ0v) is 19.2. The van der Waals surface area contributed by atoms with E-state index in [0.717, 1.165) is 56.8 Å². The van der Waals surface area contributed by atoms with Crippen molar-refractivity contribution in [2.24, 2.45) is 0 Å². The Morgan fingerprint density at radius 3 is 2.41 bits per heavy atom. The van der Waals surface area contributed by atoms with Gasteiger partial charge < -0.3 is 14.5 Å². The number of methoxy groups -OCH3 is 1. The third-order valence-corrected chi connectivity index (χ3v) is 7.12. The van der Waals surface area contributed by atoms with Crippen molar-refractivity contribution in [2.45, 2.75) is 13.8 Å². The molecule has 5 rings (SSSR count). The van der Waals surface area contributed by atoms with Crippen molar-refractivity contribution in [3.8, 4) is 11.4 Å². The fraction of sp³-hybridized carbons (Fsp3) is 0.292. The Morgan fingerprint density at radius 2 is 1.72 bits per heavy atom. The summed E-state index contributed by atoms with van der Waals surface area (Å²) in [5.41, 5.74) is 4.59. The minimum absolute atomic E-state index is 0.109. The van der Waals surface area contributed by atoms with Crippen LogP contribution in [0.3, 0.4) is 0 Å². The first kappa shape index (κ1) is 20.5. The third kappa shape index (κ3) is 3.60. The van der Waals surface area contributed by atoms with Gasteiger partial charge in [0.25, 0.3) is 5.91 Å². The molecule has 7 nitrogen and oxygen atoms in total. The van der Waals surface area contributed by atoms with Gasteiger partial charge in [-0.05, 0) is 49.7 Å². The van der Waals surface area contributed by atoms with E-state index in [1.807, 2.05) is 72.0 Å². The highest BCUT2D eigenvalue weighted by molar-refractivity contribution is 7.22. The number of thiazole rings is 1. The summed E-state index contributed by atoms with van der Waals surface area (Å²) >= 11 is 1.67. The van der Waals surface area contributed by atoms with Gasteiger partial charge in [-0.25, -0.2) is 4.68 Å². The number of carbonyl (C=O) groups is 1. The molecule has 0 aliphatic carbocycles. The smallest absolute Gasteiger partial charge is 0.254 e. The summed E-state index contributed by atoms with van der Waals surface area (Å²) < 4.78 is 8.25. The van der Waals surface area contributed by atoms with Crippen molar-refractivity contribution in [3.63, 3.8) is 0 Å². The van der Waals surface area contributed by atoms with Gasteiger partial charge in [-0.1, -0.05) is 29.5 Å². The summed E-state index contributed by atoms with van der Waals surface area (Å²) in [6.45, 7) is 6.91. The van der Waals surface area contributed by atoms with Gasteiger partial charge in [0.2, 0.25) is 0 Å². The van der Waals surface area contributed by atoms with E-state index in [4.69, 9.17) is 14.8 Å². The number of aryl methyl sites for hydroxylation is 2. The standard InChI is InChI=1S/C24H25N5O2S/c1-16-6-4-5-7-20(16)23(30)27-12-14-28(15-13-27)24-25-22-21(32-24)17(2)26-29(22)18-8-10-19(31-3)11-9-18/h4-11H,12-15H2,1-3H3. The zero-order chi connectivity index (χ0) is 22.2. The Labute approximate surface area is 190 Å². The van der Waals surface area contributed by atoms with Gasteiger partial charge in [-0.2, -0.15) is 10.1 Å². The molecular formula is C24H25N5O2S. The summed E-state index contributed by atoms with van der Waals surface area (Å²) in [5, 5.41) is 5.67. The molecule has 0 spiro atoms. The minimum Gasteiger partial charge on any atom is -0.497 e. The average Bonchev–Trinajstić information content (AvgIpc) is 3.40.